The number of aryl methyl sites for hydroxylation is 1. The standard InChI is InChI=1S/C36H40ClN3O5S/c1-4-5-22-38-36(42)33(23-28-12-8-6-9-13-28)39(25-29-18-16-27(2)17-19-29)35(41)26-40(30-20-21-34(45-3)32(37)24-30)46(43,44)31-14-10-7-11-15-31/h6-21,24,33H,4-5,22-23,25-26H2,1-3H3,(H,38,42). The van der Waals surface area contributed by atoms with E-state index in [0.717, 1.165) is 33.8 Å². The molecule has 0 spiro atoms. The molecule has 0 saturated heterocycles. The topological polar surface area (TPSA) is 96.0 Å². The van der Waals surface area contributed by atoms with Crippen LogP contribution < -0.4 is 14.4 Å². The summed E-state index contributed by atoms with van der Waals surface area (Å²) in [5.74, 6) is -0.484. The molecular formula is C36H40ClN3O5S. The molecule has 4 rings (SSSR count). The highest BCUT2D eigenvalue weighted by molar-refractivity contribution is 7.92. The van der Waals surface area contributed by atoms with Crippen molar-refractivity contribution in [2.24, 2.45) is 0 Å². The summed E-state index contributed by atoms with van der Waals surface area (Å²) >= 11 is 6.44. The van der Waals surface area contributed by atoms with Crippen LogP contribution >= 0.6 is 11.6 Å². The van der Waals surface area contributed by atoms with Crippen molar-refractivity contribution in [2.45, 2.75) is 50.6 Å². The molecule has 4 aromatic carbocycles. The van der Waals surface area contributed by atoms with Gasteiger partial charge in [-0.25, -0.2) is 8.42 Å². The quantitative estimate of drug-likeness (QED) is 0.149. The molecule has 0 aliphatic carbocycles. The Labute approximate surface area is 277 Å². The van der Waals surface area contributed by atoms with Crippen LogP contribution in [0.1, 0.15) is 36.5 Å². The van der Waals surface area contributed by atoms with Crippen LogP contribution in [0.15, 0.2) is 108 Å². The number of sulfonamides is 1. The number of hydrogen-bond donors (Lipinski definition) is 1. The minimum Gasteiger partial charge on any atom is -0.495 e. The summed E-state index contributed by atoms with van der Waals surface area (Å²) in [6, 6.07) is 28.7. The highest BCUT2D eigenvalue weighted by Gasteiger charge is 2.34. The van der Waals surface area contributed by atoms with Gasteiger partial charge in [-0.15, -0.1) is 0 Å². The molecule has 0 saturated carbocycles. The van der Waals surface area contributed by atoms with Gasteiger partial charge in [0.2, 0.25) is 11.8 Å². The molecule has 0 heterocycles. The van der Waals surface area contributed by atoms with Crippen LogP contribution in [0.5, 0.6) is 5.75 Å². The number of unbranched alkanes of at least 4 members (excludes halogenated alkanes) is 1. The molecule has 46 heavy (non-hydrogen) atoms. The van der Waals surface area contributed by atoms with E-state index in [2.05, 4.69) is 5.32 Å². The van der Waals surface area contributed by atoms with Crippen LogP contribution in [0.25, 0.3) is 0 Å². The molecule has 0 aromatic heterocycles. The van der Waals surface area contributed by atoms with Crippen LogP contribution in [-0.4, -0.2) is 51.4 Å². The molecule has 10 heteroatoms. The number of nitrogens with zero attached hydrogens (tertiary/aromatic N) is 2. The Morgan fingerprint density at radius 3 is 2.15 bits per heavy atom. The molecule has 242 valence electrons. The maximum absolute atomic E-state index is 14.5. The first-order chi connectivity index (χ1) is 22.1. The first kappa shape index (κ1) is 34.5. The molecule has 4 aromatic rings. The summed E-state index contributed by atoms with van der Waals surface area (Å²) in [5.41, 5.74) is 2.92. The van der Waals surface area contributed by atoms with Gasteiger partial charge in [0.25, 0.3) is 10.0 Å². The molecular weight excluding hydrogens is 622 g/mol. The Morgan fingerprint density at radius 1 is 0.891 bits per heavy atom. The van der Waals surface area contributed by atoms with E-state index in [0.29, 0.717) is 12.3 Å². The molecule has 0 aliphatic heterocycles. The van der Waals surface area contributed by atoms with Gasteiger partial charge >= 0.3 is 0 Å². The van der Waals surface area contributed by atoms with E-state index in [-0.39, 0.29) is 34.5 Å². The Hall–Kier alpha value is -4.34. The van der Waals surface area contributed by atoms with Gasteiger partial charge in [0, 0.05) is 19.5 Å². The summed E-state index contributed by atoms with van der Waals surface area (Å²) in [4.78, 5) is 29.9. The molecule has 0 radical (unpaired) electrons. The summed E-state index contributed by atoms with van der Waals surface area (Å²) < 4.78 is 34.6. The number of halogens is 1. The molecule has 8 nitrogen and oxygen atoms in total. The van der Waals surface area contributed by atoms with Gasteiger partial charge in [-0.2, -0.15) is 0 Å². The summed E-state index contributed by atoms with van der Waals surface area (Å²) in [7, 11) is -2.77. The summed E-state index contributed by atoms with van der Waals surface area (Å²) in [5, 5.41) is 3.19. The highest BCUT2D eigenvalue weighted by atomic mass is 35.5. The molecule has 2 amide bonds. The first-order valence-corrected chi connectivity index (χ1v) is 17.0. The van der Waals surface area contributed by atoms with Crippen LogP contribution in [0, 0.1) is 6.92 Å². The minimum atomic E-state index is -4.23. The van der Waals surface area contributed by atoms with E-state index in [9.17, 15) is 18.0 Å². The van der Waals surface area contributed by atoms with Gasteiger partial charge in [0.05, 0.1) is 22.7 Å². The SMILES string of the molecule is CCCCNC(=O)C(Cc1ccccc1)N(Cc1ccc(C)cc1)C(=O)CN(c1ccc(OC)c(Cl)c1)S(=O)(=O)c1ccccc1. The predicted octanol–water partition coefficient (Wildman–Crippen LogP) is 6.41. The second-order valence-corrected chi connectivity index (χ2v) is 13.3. The van der Waals surface area contributed by atoms with Gasteiger partial charge in [-0.05, 0) is 54.8 Å². The van der Waals surface area contributed by atoms with E-state index in [1.165, 1.54) is 30.2 Å². The number of methoxy groups -OCH3 is 1. The first-order valence-electron chi connectivity index (χ1n) is 15.2. The third kappa shape index (κ3) is 8.89. The normalized spacial score (nSPS) is 11.8. The van der Waals surface area contributed by atoms with E-state index in [1.807, 2.05) is 68.4 Å². The molecule has 1 unspecified atom stereocenters. The molecule has 0 aliphatic rings. The lowest BCUT2D eigenvalue weighted by molar-refractivity contribution is -0.140. The molecule has 1 N–H and O–H groups in total. The Bertz CT molecular complexity index is 1700. The van der Waals surface area contributed by atoms with Gasteiger partial charge in [0.1, 0.15) is 18.3 Å². The number of anilines is 1. The Balaban J connectivity index is 1.80. The molecule has 0 fully saturated rings. The van der Waals surface area contributed by atoms with Crippen molar-refractivity contribution in [1.82, 2.24) is 10.2 Å². The largest absolute Gasteiger partial charge is 0.495 e. The monoisotopic (exact) mass is 661 g/mol. The van der Waals surface area contributed by atoms with Crippen LogP contribution in [0.2, 0.25) is 5.02 Å². The van der Waals surface area contributed by atoms with E-state index >= 15 is 0 Å². The predicted molar refractivity (Wildman–Crippen MR) is 183 cm³/mol. The smallest absolute Gasteiger partial charge is 0.264 e. The van der Waals surface area contributed by atoms with E-state index in [1.54, 1.807) is 30.3 Å². The van der Waals surface area contributed by atoms with Crippen LogP contribution in [0.4, 0.5) is 5.69 Å². The number of carbonyl (C=O) groups excluding carboxylic acids is 2. The lowest BCUT2D eigenvalue weighted by Gasteiger charge is -2.34. The Morgan fingerprint density at radius 2 is 1.54 bits per heavy atom. The van der Waals surface area contributed by atoms with E-state index in [4.69, 9.17) is 16.3 Å². The van der Waals surface area contributed by atoms with Crippen molar-refractivity contribution >= 4 is 39.1 Å². The van der Waals surface area contributed by atoms with Crippen molar-refractivity contribution in [3.8, 4) is 5.75 Å². The third-order valence-corrected chi connectivity index (χ3v) is 9.69. The third-order valence-electron chi connectivity index (χ3n) is 7.61. The minimum absolute atomic E-state index is 0.0120. The highest BCUT2D eigenvalue weighted by Crippen LogP contribution is 2.32. The number of hydrogen-bond acceptors (Lipinski definition) is 5. The fraction of sp³-hybridized carbons (Fsp3) is 0.278. The number of carbonyl (C=O) groups is 2. The van der Waals surface area contributed by atoms with E-state index < -0.39 is 28.5 Å². The number of ether oxygens (including phenoxy) is 1. The average molecular weight is 662 g/mol. The van der Waals surface area contributed by atoms with Crippen molar-refractivity contribution in [2.75, 3.05) is 24.5 Å². The van der Waals surface area contributed by atoms with Gasteiger partial charge in [-0.3, -0.25) is 13.9 Å². The number of nitrogens with one attached hydrogen (secondary N) is 1. The molecule has 1 atom stereocenters. The average Bonchev–Trinajstić information content (AvgIpc) is 3.06. The summed E-state index contributed by atoms with van der Waals surface area (Å²) in [6.07, 6.45) is 1.93. The van der Waals surface area contributed by atoms with Crippen molar-refractivity contribution in [3.63, 3.8) is 0 Å². The zero-order valence-corrected chi connectivity index (χ0v) is 27.9. The van der Waals surface area contributed by atoms with Gasteiger partial charge in [0.15, 0.2) is 0 Å². The number of benzene rings is 4. The summed E-state index contributed by atoms with van der Waals surface area (Å²) in [6.45, 7) is 4.00. The van der Waals surface area contributed by atoms with Crippen molar-refractivity contribution in [3.05, 3.63) is 125 Å². The Kier molecular flexibility index (Phi) is 12.2. The number of rotatable bonds is 15. The van der Waals surface area contributed by atoms with Crippen molar-refractivity contribution in [1.29, 1.82) is 0 Å². The fourth-order valence-electron chi connectivity index (χ4n) is 5.01. The lowest BCUT2D eigenvalue weighted by atomic mass is 10.0. The fourth-order valence-corrected chi connectivity index (χ4v) is 6.69. The zero-order valence-electron chi connectivity index (χ0n) is 26.4. The second-order valence-electron chi connectivity index (χ2n) is 11.0. The lowest BCUT2D eigenvalue weighted by Crippen LogP contribution is -2.53. The van der Waals surface area contributed by atoms with Crippen molar-refractivity contribution < 1.29 is 22.7 Å². The molecule has 0 bridgehead atoms. The second kappa shape index (κ2) is 16.3. The maximum Gasteiger partial charge on any atom is 0.264 e. The number of amides is 2. The van der Waals surface area contributed by atoms with Crippen LogP contribution in [0.3, 0.4) is 0 Å². The maximum atomic E-state index is 14.5. The van der Waals surface area contributed by atoms with Gasteiger partial charge < -0.3 is 15.0 Å². The zero-order chi connectivity index (χ0) is 33.1. The van der Waals surface area contributed by atoms with Gasteiger partial charge in [-0.1, -0.05) is 103 Å². The van der Waals surface area contributed by atoms with Crippen LogP contribution in [-0.2, 0) is 32.6 Å².